The zero-order valence-corrected chi connectivity index (χ0v) is 13.1. The highest BCUT2D eigenvalue weighted by molar-refractivity contribution is 6.02. The Morgan fingerprint density at radius 1 is 1.27 bits per heavy atom. The Bertz CT molecular complexity index is 596. The maximum atomic E-state index is 12.8. The molecule has 5 nitrogen and oxygen atoms in total. The number of carbonyl (C=O) groups excluding carboxylic acids is 2. The molecule has 2 amide bonds. The molecular weight excluding hydrogens is 280 g/mol. The molecule has 0 bridgehead atoms. The van der Waals surface area contributed by atoms with Crippen LogP contribution in [0.2, 0.25) is 0 Å². The van der Waals surface area contributed by atoms with Crippen molar-refractivity contribution in [2.24, 2.45) is 0 Å². The van der Waals surface area contributed by atoms with Gasteiger partial charge < -0.3 is 15.0 Å². The van der Waals surface area contributed by atoms with Gasteiger partial charge in [0.15, 0.2) is 5.78 Å². The molecule has 2 aliphatic rings. The normalized spacial score (nSPS) is 20.8. The van der Waals surface area contributed by atoms with Gasteiger partial charge in [-0.15, -0.1) is 0 Å². The van der Waals surface area contributed by atoms with E-state index < -0.39 is 0 Å². The van der Waals surface area contributed by atoms with Crippen molar-refractivity contribution in [1.82, 2.24) is 10.2 Å². The van der Waals surface area contributed by atoms with Crippen LogP contribution in [-0.2, 0) is 0 Å². The lowest BCUT2D eigenvalue weighted by atomic mass is 10.00. The van der Waals surface area contributed by atoms with E-state index in [0.717, 1.165) is 37.0 Å². The summed E-state index contributed by atoms with van der Waals surface area (Å²) >= 11 is 0. The van der Waals surface area contributed by atoms with Crippen molar-refractivity contribution >= 4 is 11.8 Å². The lowest BCUT2D eigenvalue weighted by Gasteiger charge is -2.24. The molecule has 2 fully saturated rings. The molecule has 1 aromatic carbocycles. The number of amides is 2. The Morgan fingerprint density at radius 3 is 2.68 bits per heavy atom. The Balaban J connectivity index is 1.74. The lowest BCUT2D eigenvalue weighted by molar-refractivity contribution is 0.0887. The molecule has 22 heavy (non-hydrogen) atoms. The molecule has 1 atom stereocenters. The fraction of sp³-hybridized carbons (Fsp3) is 0.529. The minimum Gasteiger partial charge on any atom is -0.496 e. The Labute approximate surface area is 130 Å². The Morgan fingerprint density at radius 2 is 2.05 bits per heavy atom. The van der Waals surface area contributed by atoms with E-state index in [1.165, 1.54) is 0 Å². The first-order chi connectivity index (χ1) is 10.6. The van der Waals surface area contributed by atoms with Gasteiger partial charge in [0.1, 0.15) is 5.75 Å². The van der Waals surface area contributed by atoms with Crippen LogP contribution in [0, 0.1) is 6.92 Å². The van der Waals surface area contributed by atoms with Crippen LogP contribution in [0.4, 0.5) is 4.79 Å². The number of carbonyl (C=O) groups is 2. The Hall–Kier alpha value is -2.04. The van der Waals surface area contributed by atoms with Gasteiger partial charge in [0.05, 0.1) is 13.2 Å². The minimum atomic E-state index is -0.341. The van der Waals surface area contributed by atoms with Crippen LogP contribution in [0.3, 0.4) is 0 Å². The fourth-order valence-electron chi connectivity index (χ4n) is 2.99. The van der Waals surface area contributed by atoms with Crippen LogP contribution in [0.5, 0.6) is 5.75 Å². The predicted molar refractivity (Wildman–Crippen MR) is 83.3 cm³/mol. The van der Waals surface area contributed by atoms with Crippen LogP contribution >= 0.6 is 0 Å². The third-order valence-corrected chi connectivity index (χ3v) is 4.40. The lowest BCUT2D eigenvalue weighted by Crippen LogP contribution is -2.46. The largest absolute Gasteiger partial charge is 0.496 e. The van der Waals surface area contributed by atoms with Crippen molar-refractivity contribution in [3.8, 4) is 5.75 Å². The smallest absolute Gasteiger partial charge is 0.318 e. The van der Waals surface area contributed by atoms with Crippen LogP contribution in [0.25, 0.3) is 0 Å². The topological polar surface area (TPSA) is 58.6 Å². The number of rotatable bonds is 4. The van der Waals surface area contributed by atoms with Gasteiger partial charge in [0, 0.05) is 18.2 Å². The monoisotopic (exact) mass is 302 g/mol. The predicted octanol–water partition coefficient (Wildman–Crippen LogP) is 2.52. The van der Waals surface area contributed by atoms with E-state index in [9.17, 15) is 9.59 Å². The molecule has 1 aromatic rings. The molecule has 1 heterocycles. The average molecular weight is 302 g/mol. The van der Waals surface area contributed by atoms with Gasteiger partial charge in [0.25, 0.3) is 0 Å². The van der Waals surface area contributed by atoms with Crippen LogP contribution < -0.4 is 10.1 Å². The summed E-state index contributed by atoms with van der Waals surface area (Å²) < 4.78 is 5.23. The molecule has 118 valence electrons. The van der Waals surface area contributed by atoms with Crippen molar-refractivity contribution in [1.29, 1.82) is 0 Å². The second-order valence-corrected chi connectivity index (χ2v) is 6.12. The summed E-state index contributed by atoms with van der Waals surface area (Å²) in [6.45, 7) is 2.58. The summed E-state index contributed by atoms with van der Waals surface area (Å²) in [7, 11) is 1.62. The molecule has 1 aliphatic carbocycles. The van der Waals surface area contributed by atoms with E-state index >= 15 is 0 Å². The summed E-state index contributed by atoms with van der Waals surface area (Å²) in [6, 6.07) is 5.31. The fourth-order valence-corrected chi connectivity index (χ4v) is 2.99. The van der Waals surface area contributed by atoms with Crippen molar-refractivity contribution in [2.75, 3.05) is 13.7 Å². The molecule has 0 aromatic heterocycles. The van der Waals surface area contributed by atoms with E-state index in [1.54, 1.807) is 18.1 Å². The standard InChI is InChI=1S/C17H22N2O3/c1-11-10-12(5-8-15(11)22-2)16(20)14-4-3-9-19(14)17(21)18-13-6-7-13/h5,8,10,13-14H,3-4,6-7,9H2,1-2H3,(H,18,21). The Kier molecular flexibility index (Phi) is 4.05. The average Bonchev–Trinajstić information content (AvgIpc) is 3.18. The molecular formula is C17H22N2O3. The summed E-state index contributed by atoms with van der Waals surface area (Å²) in [4.78, 5) is 26.7. The summed E-state index contributed by atoms with van der Waals surface area (Å²) in [5, 5.41) is 2.98. The number of methoxy groups -OCH3 is 1. The number of likely N-dealkylation sites (tertiary alicyclic amines) is 1. The van der Waals surface area contributed by atoms with Gasteiger partial charge in [0.2, 0.25) is 0 Å². The SMILES string of the molecule is COc1ccc(C(=O)C2CCCN2C(=O)NC2CC2)cc1C. The highest BCUT2D eigenvalue weighted by Gasteiger charge is 2.36. The maximum Gasteiger partial charge on any atom is 0.318 e. The molecule has 5 heteroatoms. The number of ether oxygens (including phenoxy) is 1. The molecule has 3 rings (SSSR count). The quantitative estimate of drug-likeness (QED) is 0.870. The van der Waals surface area contributed by atoms with E-state index in [4.69, 9.17) is 4.74 Å². The number of hydrogen-bond acceptors (Lipinski definition) is 3. The first-order valence-corrected chi connectivity index (χ1v) is 7.86. The molecule has 1 N–H and O–H groups in total. The molecule has 0 radical (unpaired) electrons. The molecule has 1 saturated heterocycles. The van der Waals surface area contributed by atoms with Crippen LogP contribution in [0.15, 0.2) is 18.2 Å². The third-order valence-electron chi connectivity index (χ3n) is 4.40. The van der Waals surface area contributed by atoms with Crippen molar-refractivity contribution in [2.45, 2.75) is 44.7 Å². The molecule has 1 saturated carbocycles. The summed E-state index contributed by atoms with van der Waals surface area (Å²) in [5.74, 6) is 0.792. The molecule has 0 spiro atoms. The third kappa shape index (κ3) is 2.93. The highest BCUT2D eigenvalue weighted by Crippen LogP contribution is 2.26. The van der Waals surface area contributed by atoms with E-state index in [1.807, 2.05) is 19.1 Å². The van der Waals surface area contributed by atoms with Crippen LogP contribution in [-0.4, -0.2) is 42.5 Å². The van der Waals surface area contributed by atoms with Gasteiger partial charge in [-0.05, 0) is 56.4 Å². The zero-order chi connectivity index (χ0) is 15.7. The van der Waals surface area contributed by atoms with Crippen molar-refractivity contribution in [3.63, 3.8) is 0 Å². The second-order valence-electron chi connectivity index (χ2n) is 6.12. The van der Waals surface area contributed by atoms with Crippen molar-refractivity contribution < 1.29 is 14.3 Å². The van der Waals surface area contributed by atoms with E-state index in [-0.39, 0.29) is 17.9 Å². The number of aryl methyl sites for hydroxylation is 1. The van der Waals surface area contributed by atoms with Gasteiger partial charge in [-0.3, -0.25) is 4.79 Å². The van der Waals surface area contributed by atoms with Gasteiger partial charge in [-0.2, -0.15) is 0 Å². The first-order valence-electron chi connectivity index (χ1n) is 7.86. The molecule has 1 aliphatic heterocycles. The number of benzene rings is 1. The molecule has 1 unspecified atom stereocenters. The van der Waals surface area contributed by atoms with Gasteiger partial charge in [-0.25, -0.2) is 4.79 Å². The van der Waals surface area contributed by atoms with Crippen molar-refractivity contribution in [3.05, 3.63) is 29.3 Å². The zero-order valence-electron chi connectivity index (χ0n) is 13.1. The number of urea groups is 1. The van der Waals surface area contributed by atoms with Crippen LogP contribution in [0.1, 0.15) is 41.6 Å². The first kappa shape index (κ1) is 14.9. The number of Topliss-reactive ketones (excluding diaryl/α,β-unsaturated/α-hetero) is 1. The summed E-state index contributed by atoms with van der Waals surface area (Å²) in [5.41, 5.74) is 1.58. The highest BCUT2D eigenvalue weighted by atomic mass is 16.5. The maximum absolute atomic E-state index is 12.8. The number of nitrogens with zero attached hydrogens (tertiary/aromatic N) is 1. The minimum absolute atomic E-state index is 0.0224. The van der Waals surface area contributed by atoms with Gasteiger partial charge >= 0.3 is 6.03 Å². The second kappa shape index (κ2) is 5.99. The number of nitrogens with one attached hydrogen (secondary N) is 1. The number of hydrogen-bond donors (Lipinski definition) is 1. The van der Waals surface area contributed by atoms with Gasteiger partial charge in [-0.1, -0.05) is 0 Å². The van der Waals surface area contributed by atoms with E-state index in [2.05, 4.69) is 5.32 Å². The van der Waals surface area contributed by atoms with E-state index in [0.29, 0.717) is 18.2 Å². The number of ketones is 1. The summed E-state index contributed by atoms with van der Waals surface area (Å²) in [6.07, 6.45) is 3.72.